The van der Waals surface area contributed by atoms with Gasteiger partial charge in [0.05, 0.1) is 25.8 Å². The van der Waals surface area contributed by atoms with Crippen LogP contribution in [0.25, 0.3) is 0 Å². The van der Waals surface area contributed by atoms with E-state index in [2.05, 4.69) is 16.8 Å². The van der Waals surface area contributed by atoms with Crippen LogP contribution in [0.3, 0.4) is 0 Å². The van der Waals surface area contributed by atoms with Gasteiger partial charge in [0.2, 0.25) is 5.91 Å². The molecule has 0 spiro atoms. The number of halogens is 1. The van der Waals surface area contributed by atoms with Gasteiger partial charge in [-0.3, -0.25) is 4.79 Å². The van der Waals surface area contributed by atoms with Gasteiger partial charge in [-0.1, -0.05) is 114 Å². The molecule has 0 saturated heterocycles. The topological polar surface area (TPSA) is 51.4 Å². The molecule has 0 aliphatic carbocycles. The number of anilines is 1. The number of para-hydroxylation sites is 2. The first-order valence-electron chi connectivity index (χ1n) is 15.3. The highest BCUT2D eigenvalue weighted by Crippen LogP contribution is 2.32. The van der Waals surface area contributed by atoms with Crippen molar-refractivity contribution >= 4 is 11.6 Å². The fraction of sp³-hybridized carbons (Fsp3) is 0.486. The van der Waals surface area contributed by atoms with E-state index in [1.165, 1.54) is 64.2 Å². The molecule has 0 bridgehead atoms. The molecule has 0 unspecified atom stereocenters. The Morgan fingerprint density at radius 2 is 1.34 bits per heavy atom. The molecule has 6 heteroatoms. The van der Waals surface area contributed by atoms with Crippen molar-refractivity contribution in [1.82, 2.24) is 0 Å². The van der Waals surface area contributed by atoms with Gasteiger partial charge in [-0.15, -0.1) is 0 Å². The first-order valence-corrected chi connectivity index (χ1v) is 15.3. The molecule has 224 valence electrons. The van der Waals surface area contributed by atoms with E-state index in [-0.39, 0.29) is 29.3 Å². The second-order valence-electron chi connectivity index (χ2n) is 10.6. The number of rotatable bonds is 20. The first-order chi connectivity index (χ1) is 19.7. The molecule has 0 saturated carbocycles. The zero-order chi connectivity index (χ0) is 28.3. The number of nitrogens with one attached hydrogen (secondary N) is 1. The molecule has 0 atom stereocenters. The molecule has 1 amide bonds. The Hall–Kier alpha value is -2.86. The molecule has 0 aliphatic rings. The zero-order valence-electron chi connectivity index (χ0n) is 25.1. The highest BCUT2D eigenvalue weighted by molar-refractivity contribution is 5.93. The minimum atomic E-state index is -0.0750. The van der Waals surface area contributed by atoms with E-state index < -0.39 is 0 Å². The van der Waals surface area contributed by atoms with Crippen molar-refractivity contribution in [3.05, 3.63) is 84.2 Å². The lowest BCUT2D eigenvalue weighted by Gasteiger charge is -2.15. The van der Waals surface area contributed by atoms with Crippen LogP contribution in [0, 0.1) is 0 Å². The average Bonchev–Trinajstić information content (AvgIpc) is 2.97. The number of aromatic nitrogens is 1. The Morgan fingerprint density at radius 3 is 2.00 bits per heavy atom. The maximum absolute atomic E-state index is 13.1. The minimum Gasteiger partial charge on any atom is -1.00 e. The molecule has 1 heterocycles. The molecule has 3 aromatic rings. The molecule has 0 aliphatic heterocycles. The summed E-state index contributed by atoms with van der Waals surface area (Å²) in [5.41, 5.74) is 2.72. The van der Waals surface area contributed by atoms with E-state index in [0.717, 1.165) is 29.7 Å². The molecule has 1 N–H and O–H groups in total. The van der Waals surface area contributed by atoms with E-state index >= 15 is 0 Å². The molecular formula is C35H49BrN2O3. The molecule has 3 rings (SSSR count). The van der Waals surface area contributed by atoms with Crippen LogP contribution in [0.4, 0.5) is 5.69 Å². The second-order valence-corrected chi connectivity index (χ2v) is 10.6. The van der Waals surface area contributed by atoms with Crippen LogP contribution in [-0.4, -0.2) is 19.6 Å². The van der Waals surface area contributed by atoms with Crippen LogP contribution in [0.15, 0.2) is 73.1 Å². The van der Waals surface area contributed by atoms with Gasteiger partial charge >= 0.3 is 0 Å². The van der Waals surface area contributed by atoms with E-state index in [1.807, 2.05) is 73.1 Å². The van der Waals surface area contributed by atoms with Crippen LogP contribution < -0.4 is 36.3 Å². The highest BCUT2D eigenvalue weighted by Gasteiger charge is 2.16. The van der Waals surface area contributed by atoms with Crippen LogP contribution in [-0.2, 0) is 17.8 Å². The third kappa shape index (κ3) is 13.1. The first kappa shape index (κ1) is 34.3. The summed E-state index contributed by atoms with van der Waals surface area (Å²) in [7, 11) is 1.65. The summed E-state index contributed by atoms with van der Waals surface area (Å²) in [4.78, 5) is 13.1. The Kier molecular flexibility index (Phi) is 17.5. The van der Waals surface area contributed by atoms with Gasteiger partial charge in [0.15, 0.2) is 30.4 Å². The summed E-state index contributed by atoms with van der Waals surface area (Å²) in [6.45, 7) is 3.58. The molecule has 41 heavy (non-hydrogen) atoms. The number of benzene rings is 2. The number of carbonyl (C=O) groups is 1. The number of hydrogen-bond donors (Lipinski definition) is 1. The van der Waals surface area contributed by atoms with E-state index in [4.69, 9.17) is 9.47 Å². The van der Waals surface area contributed by atoms with Crippen molar-refractivity contribution < 1.29 is 35.8 Å². The van der Waals surface area contributed by atoms with Crippen molar-refractivity contribution in [1.29, 1.82) is 0 Å². The fourth-order valence-corrected chi connectivity index (χ4v) is 5.03. The van der Waals surface area contributed by atoms with Crippen LogP contribution >= 0.6 is 0 Å². The fourth-order valence-electron chi connectivity index (χ4n) is 5.03. The van der Waals surface area contributed by atoms with Crippen LogP contribution in [0.2, 0.25) is 0 Å². The minimum absolute atomic E-state index is 0. The molecule has 5 nitrogen and oxygen atoms in total. The van der Waals surface area contributed by atoms with Gasteiger partial charge in [0.25, 0.3) is 0 Å². The maximum atomic E-state index is 13.1. The van der Waals surface area contributed by atoms with Crippen molar-refractivity contribution in [2.75, 3.05) is 19.0 Å². The number of amides is 1. The number of nitrogens with zero attached hydrogens (tertiary/aromatic N) is 1. The van der Waals surface area contributed by atoms with Crippen LogP contribution in [0.5, 0.6) is 11.5 Å². The number of hydrogen-bond acceptors (Lipinski definition) is 3. The predicted octanol–water partition coefficient (Wildman–Crippen LogP) is 5.30. The lowest BCUT2D eigenvalue weighted by Crippen LogP contribution is -3.00. The largest absolute Gasteiger partial charge is 1.00 e. The number of ether oxygens (including phenoxy) is 2. The summed E-state index contributed by atoms with van der Waals surface area (Å²) in [6, 6.07) is 19.7. The van der Waals surface area contributed by atoms with E-state index in [9.17, 15) is 4.79 Å². The third-order valence-electron chi connectivity index (χ3n) is 7.30. The Bertz CT molecular complexity index is 1120. The summed E-state index contributed by atoms with van der Waals surface area (Å²) < 4.78 is 13.9. The Labute approximate surface area is 258 Å². The number of pyridine rings is 1. The standard InChI is InChI=1S/C35H48N2O3.BrH/c1-3-4-5-6-7-8-9-10-11-12-13-19-27-40-35-30(22-20-24-33(35)39-2)28-34(38)36-32-23-16-15-21-31(32)29-37-25-17-14-18-26-37;/h14-18,20-26H,3-13,19,27-29H2,1-2H3;1H. The molecular weight excluding hydrogens is 576 g/mol. The van der Waals surface area contributed by atoms with Gasteiger partial charge in [0, 0.05) is 23.3 Å². The number of unbranched alkanes of at least 4 members (excludes halogenated alkanes) is 11. The molecule has 1 aromatic heterocycles. The highest BCUT2D eigenvalue weighted by atomic mass is 79.9. The van der Waals surface area contributed by atoms with Crippen molar-refractivity contribution in [2.24, 2.45) is 0 Å². The normalized spacial score (nSPS) is 10.6. The molecule has 0 fully saturated rings. The van der Waals surface area contributed by atoms with Crippen molar-refractivity contribution in [3.63, 3.8) is 0 Å². The summed E-state index contributed by atoms with van der Waals surface area (Å²) in [5, 5.41) is 3.11. The third-order valence-corrected chi connectivity index (χ3v) is 7.30. The average molecular weight is 626 g/mol. The van der Waals surface area contributed by atoms with Gasteiger partial charge in [-0.2, -0.15) is 0 Å². The Balaban J connectivity index is 0.00000588. The smallest absolute Gasteiger partial charge is 0.228 e. The van der Waals surface area contributed by atoms with Gasteiger partial charge in [0.1, 0.15) is 0 Å². The SMILES string of the molecule is CCCCCCCCCCCCCCOc1c(CC(=O)Nc2ccccc2C[n+]2ccccc2)cccc1OC.[Br-]. The van der Waals surface area contributed by atoms with E-state index in [0.29, 0.717) is 24.7 Å². The van der Waals surface area contributed by atoms with Gasteiger partial charge in [-0.05, 0) is 18.6 Å². The predicted molar refractivity (Wildman–Crippen MR) is 164 cm³/mol. The van der Waals surface area contributed by atoms with Crippen molar-refractivity contribution in [3.8, 4) is 11.5 Å². The van der Waals surface area contributed by atoms with Crippen LogP contribution in [0.1, 0.15) is 95.1 Å². The summed E-state index contributed by atoms with van der Waals surface area (Å²) >= 11 is 0. The zero-order valence-corrected chi connectivity index (χ0v) is 26.7. The summed E-state index contributed by atoms with van der Waals surface area (Å²) in [6.07, 6.45) is 20.0. The van der Waals surface area contributed by atoms with Gasteiger partial charge in [-0.25, -0.2) is 4.57 Å². The second kappa shape index (κ2) is 20.9. The maximum Gasteiger partial charge on any atom is 0.228 e. The Morgan fingerprint density at radius 1 is 0.732 bits per heavy atom. The number of methoxy groups -OCH3 is 1. The lowest BCUT2D eigenvalue weighted by atomic mass is 10.1. The number of carbonyl (C=O) groups excluding carboxylic acids is 1. The van der Waals surface area contributed by atoms with E-state index in [1.54, 1.807) is 7.11 Å². The lowest BCUT2D eigenvalue weighted by molar-refractivity contribution is -0.688. The monoisotopic (exact) mass is 624 g/mol. The van der Waals surface area contributed by atoms with Crippen molar-refractivity contribution in [2.45, 2.75) is 96.9 Å². The quantitative estimate of drug-likeness (QED) is 0.137. The molecule has 0 radical (unpaired) electrons. The molecule has 2 aromatic carbocycles. The van der Waals surface area contributed by atoms with Gasteiger partial charge < -0.3 is 31.8 Å². The summed E-state index contributed by atoms with van der Waals surface area (Å²) in [5.74, 6) is 1.27.